The summed E-state index contributed by atoms with van der Waals surface area (Å²) in [6, 6.07) is 3.38. The first kappa shape index (κ1) is 16.3. The molecule has 1 saturated carbocycles. The molecule has 1 aromatic heterocycles. The summed E-state index contributed by atoms with van der Waals surface area (Å²) in [4.78, 5) is 16.6. The highest BCUT2D eigenvalue weighted by atomic mass is 35.5. The molecule has 0 radical (unpaired) electrons. The van der Waals surface area contributed by atoms with E-state index in [1.165, 1.54) is 0 Å². The maximum atomic E-state index is 12.3. The first-order valence-corrected chi connectivity index (χ1v) is 8.02. The fraction of sp³-hybridized carbons (Fsp3) is 0.647. The second-order valence-corrected chi connectivity index (χ2v) is 7.49. The Bertz CT molecular complexity index is 514. The number of hydrogen-bond acceptors (Lipinski definition) is 3. The molecular weight excluding hydrogens is 286 g/mol. The van der Waals surface area contributed by atoms with Gasteiger partial charge in [0.15, 0.2) is 0 Å². The van der Waals surface area contributed by atoms with E-state index in [2.05, 4.69) is 11.9 Å². The molecule has 1 aliphatic rings. The molecule has 0 amide bonds. The molecule has 2 rings (SSSR count). The van der Waals surface area contributed by atoms with Crippen molar-refractivity contribution in [2.45, 2.75) is 64.9 Å². The van der Waals surface area contributed by atoms with E-state index < -0.39 is 0 Å². The minimum absolute atomic E-state index is 0.0405. The van der Waals surface area contributed by atoms with E-state index >= 15 is 0 Å². The minimum Gasteiger partial charge on any atom is -0.459 e. The standard InChI is InChI=1S/C17H24ClNO2/c1-11-5-7-13(8-6-11)21-16(20)12-9-14(17(2,3)4)19-15(18)10-12/h9-11,13H,5-8H2,1-4H3. The molecule has 1 aliphatic carbocycles. The Balaban J connectivity index is 2.10. The summed E-state index contributed by atoms with van der Waals surface area (Å²) in [6.07, 6.45) is 4.21. The van der Waals surface area contributed by atoms with Crippen LogP contribution in [0.15, 0.2) is 12.1 Å². The van der Waals surface area contributed by atoms with E-state index in [1.54, 1.807) is 12.1 Å². The Labute approximate surface area is 132 Å². The molecule has 1 fully saturated rings. The van der Waals surface area contributed by atoms with Crippen molar-refractivity contribution in [1.29, 1.82) is 0 Å². The molecule has 21 heavy (non-hydrogen) atoms. The second-order valence-electron chi connectivity index (χ2n) is 7.10. The van der Waals surface area contributed by atoms with Gasteiger partial charge in [0, 0.05) is 11.1 Å². The maximum Gasteiger partial charge on any atom is 0.338 e. The fourth-order valence-electron chi connectivity index (χ4n) is 2.57. The highest BCUT2D eigenvalue weighted by Crippen LogP contribution is 2.27. The fourth-order valence-corrected chi connectivity index (χ4v) is 2.77. The molecule has 1 aromatic rings. The van der Waals surface area contributed by atoms with Crippen LogP contribution in [-0.4, -0.2) is 17.1 Å². The van der Waals surface area contributed by atoms with E-state index in [9.17, 15) is 4.79 Å². The van der Waals surface area contributed by atoms with Crippen LogP contribution in [0.4, 0.5) is 0 Å². The minimum atomic E-state index is -0.288. The summed E-state index contributed by atoms with van der Waals surface area (Å²) in [6.45, 7) is 8.38. The van der Waals surface area contributed by atoms with Crippen LogP contribution in [0.5, 0.6) is 0 Å². The number of esters is 1. The van der Waals surface area contributed by atoms with Crippen molar-refractivity contribution in [2.75, 3.05) is 0 Å². The van der Waals surface area contributed by atoms with Crippen LogP contribution in [0.3, 0.4) is 0 Å². The van der Waals surface area contributed by atoms with Gasteiger partial charge in [0.05, 0.1) is 5.56 Å². The largest absolute Gasteiger partial charge is 0.459 e. The zero-order valence-electron chi connectivity index (χ0n) is 13.3. The molecule has 116 valence electrons. The maximum absolute atomic E-state index is 12.3. The Morgan fingerprint density at radius 1 is 1.24 bits per heavy atom. The third-order valence-corrected chi connectivity index (χ3v) is 4.23. The van der Waals surface area contributed by atoms with Gasteiger partial charge in [-0.3, -0.25) is 0 Å². The Hall–Kier alpha value is -1.09. The Morgan fingerprint density at radius 3 is 2.43 bits per heavy atom. The van der Waals surface area contributed by atoms with Crippen LogP contribution in [0, 0.1) is 5.92 Å². The first-order valence-electron chi connectivity index (χ1n) is 7.65. The van der Waals surface area contributed by atoms with E-state index in [1.807, 2.05) is 20.8 Å². The number of hydrogen-bond donors (Lipinski definition) is 0. The van der Waals surface area contributed by atoms with Gasteiger partial charge in [-0.05, 0) is 43.7 Å². The van der Waals surface area contributed by atoms with Crippen molar-refractivity contribution in [3.8, 4) is 0 Å². The summed E-state index contributed by atoms with van der Waals surface area (Å²) < 4.78 is 5.62. The average molecular weight is 310 g/mol. The first-order chi connectivity index (χ1) is 9.75. The van der Waals surface area contributed by atoms with Gasteiger partial charge in [-0.1, -0.05) is 39.3 Å². The van der Waals surface area contributed by atoms with Crippen LogP contribution in [0.25, 0.3) is 0 Å². The molecule has 0 unspecified atom stereocenters. The monoisotopic (exact) mass is 309 g/mol. The third-order valence-electron chi connectivity index (χ3n) is 4.03. The van der Waals surface area contributed by atoms with Gasteiger partial charge in [-0.15, -0.1) is 0 Å². The van der Waals surface area contributed by atoms with E-state index in [0.717, 1.165) is 37.3 Å². The average Bonchev–Trinajstić information content (AvgIpc) is 2.39. The molecule has 4 heteroatoms. The van der Waals surface area contributed by atoms with Gasteiger partial charge < -0.3 is 4.74 Å². The summed E-state index contributed by atoms with van der Waals surface area (Å²) in [5.41, 5.74) is 1.15. The van der Waals surface area contributed by atoms with Crippen LogP contribution < -0.4 is 0 Å². The molecule has 0 aliphatic heterocycles. The summed E-state index contributed by atoms with van der Waals surface area (Å²) >= 11 is 6.04. The highest BCUT2D eigenvalue weighted by Gasteiger charge is 2.24. The van der Waals surface area contributed by atoms with Crippen molar-refractivity contribution in [1.82, 2.24) is 4.98 Å². The second kappa shape index (κ2) is 6.35. The van der Waals surface area contributed by atoms with Gasteiger partial charge in [-0.2, -0.15) is 0 Å². The van der Waals surface area contributed by atoms with Gasteiger partial charge in [0.1, 0.15) is 11.3 Å². The number of nitrogens with zero attached hydrogens (tertiary/aromatic N) is 1. The zero-order valence-corrected chi connectivity index (χ0v) is 14.0. The number of halogens is 1. The van der Waals surface area contributed by atoms with E-state index in [0.29, 0.717) is 10.7 Å². The van der Waals surface area contributed by atoms with Gasteiger partial charge in [-0.25, -0.2) is 9.78 Å². The summed E-state index contributed by atoms with van der Waals surface area (Å²) in [7, 11) is 0. The number of aromatic nitrogens is 1. The highest BCUT2D eigenvalue weighted by molar-refractivity contribution is 6.29. The van der Waals surface area contributed by atoms with E-state index in [-0.39, 0.29) is 17.5 Å². The molecule has 1 heterocycles. The van der Waals surface area contributed by atoms with Crippen molar-refractivity contribution in [3.05, 3.63) is 28.5 Å². The quantitative estimate of drug-likeness (QED) is 0.583. The van der Waals surface area contributed by atoms with Crippen LogP contribution in [-0.2, 0) is 10.2 Å². The summed E-state index contributed by atoms with van der Waals surface area (Å²) in [5.74, 6) is 0.451. The molecule has 0 atom stereocenters. The van der Waals surface area contributed by atoms with Crippen LogP contribution in [0.1, 0.15) is 69.4 Å². The lowest BCUT2D eigenvalue weighted by Crippen LogP contribution is -2.24. The van der Waals surface area contributed by atoms with Crippen molar-refractivity contribution < 1.29 is 9.53 Å². The molecule has 0 N–H and O–H groups in total. The SMILES string of the molecule is CC1CCC(OC(=O)c2cc(Cl)nc(C(C)(C)C)c2)CC1. The summed E-state index contributed by atoms with van der Waals surface area (Å²) in [5, 5.41) is 0.339. The van der Waals surface area contributed by atoms with Gasteiger partial charge >= 0.3 is 5.97 Å². The molecular formula is C17H24ClNO2. The lowest BCUT2D eigenvalue weighted by Gasteiger charge is -2.26. The van der Waals surface area contributed by atoms with E-state index in [4.69, 9.17) is 16.3 Å². The Kier molecular flexibility index (Phi) is 4.92. The van der Waals surface area contributed by atoms with Crippen molar-refractivity contribution in [2.24, 2.45) is 5.92 Å². The smallest absolute Gasteiger partial charge is 0.338 e. The molecule has 0 bridgehead atoms. The predicted molar refractivity (Wildman–Crippen MR) is 84.8 cm³/mol. The van der Waals surface area contributed by atoms with Crippen LogP contribution >= 0.6 is 11.6 Å². The molecule has 0 spiro atoms. The third kappa shape index (κ3) is 4.44. The lowest BCUT2D eigenvalue weighted by atomic mass is 9.89. The topological polar surface area (TPSA) is 39.2 Å². The number of pyridine rings is 1. The number of ether oxygens (including phenoxy) is 1. The van der Waals surface area contributed by atoms with Gasteiger partial charge in [0.25, 0.3) is 0 Å². The van der Waals surface area contributed by atoms with Crippen molar-refractivity contribution >= 4 is 17.6 Å². The molecule has 3 nitrogen and oxygen atoms in total. The number of rotatable bonds is 2. The Morgan fingerprint density at radius 2 is 1.86 bits per heavy atom. The predicted octanol–water partition coefficient (Wildman–Crippen LogP) is 4.77. The molecule has 0 saturated heterocycles. The lowest BCUT2D eigenvalue weighted by molar-refractivity contribution is 0.0173. The molecule has 0 aromatic carbocycles. The van der Waals surface area contributed by atoms with Crippen LogP contribution in [0.2, 0.25) is 5.15 Å². The van der Waals surface area contributed by atoms with Gasteiger partial charge in [0.2, 0.25) is 0 Å². The number of carbonyl (C=O) groups is 1. The van der Waals surface area contributed by atoms with Crippen molar-refractivity contribution in [3.63, 3.8) is 0 Å². The zero-order chi connectivity index (χ0) is 15.6. The normalized spacial score (nSPS) is 22.9. The number of carbonyl (C=O) groups excluding carboxylic acids is 1.